The van der Waals surface area contributed by atoms with Crippen molar-refractivity contribution < 1.29 is 4.79 Å². The third kappa shape index (κ3) is 5.01. The number of carbonyl (C=O) groups is 1. The highest BCUT2D eigenvalue weighted by Gasteiger charge is 2.12. The summed E-state index contributed by atoms with van der Waals surface area (Å²) in [6.45, 7) is 6.33. The van der Waals surface area contributed by atoms with Crippen molar-refractivity contribution in [3.05, 3.63) is 77.6 Å². The maximum Gasteiger partial charge on any atom is 0.234 e. The van der Waals surface area contributed by atoms with Crippen LogP contribution in [-0.4, -0.2) is 21.4 Å². The van der Waals surface area contributed by atoms with Gasteiger partial charge in [-0.3, -0.25) is 4.79 Å². The topological polar surface area (TPSA) is 46.9 Å². The van der Waals surface area contributed by atoms with Crippen molar-refractivity contribution in [1.82, 2.24) is 9.78 Å². The number of anilines is 1. The molecule has 2 aromatic carbocycles. The van der Waals surface area contributed by atoms with Gasteiger partial charge in [-0.1, -0.05) is 44.2 Å². The highest BCUT2D eigenvalue weighted by atomic mass is 32.2. The van der Waals surface area contributed by atoms with Crippen LogP contribution >= 0.6 is 11.8 Å². The van der Waals surface area contributed by atoms with Gasteiger partial charge in [0.05, 0.1) is 11.4 Å². The Morgan fingerprint density at radius 3 is 2.59 bits per heavy atom. The Morgan fingerprint density at radius 2 is 1.93 bits per heavy atom. The van der Waals surface area contributed by atoms with Gasteiger partial charge >= 0.3 is 0 Å². The molecule has 0 fully saturated rings. The van der Waals surface area contributed by atoms with Gasteiger partial charge in [0.1, 0.15) is 0 Å². The molecule has 0 saturated heterocycles. The molecule has 0 aliphatic heterocycles. The first kappa shape index (κ1) is 19.2. The molecule has 3 aromatic rings. The van der Waals surface area contributed by atoms with E-state index in [2.05, 4.69) is 42.5 Å². The summed E-state index contributed by atoms with van der Waals surface area (Å²) in [4.78, 5) is 12.4. The summed E-state index contributed by atoms with van der Waals surface area (Å²) in [5.74, 6) is 1.66. The van der Waals surface area contributed by atoms with E-state index in [-0.39, 0.29) is 5.91 Å². The number of aryl methyl sites for hydroxylation is 1. The van der Waals surface area contributed by atoms with Gasteiger partial charge in [0, 0.05) is 23.8 Å². The highest BCUT2D eigenvalue weighted by molar-refractivity contribution is 7.99. The van der Waals surface area contributed by atoms with Crippen LogP contribution in [0.5, 0.6) is 0 Å². The Morgan fingerprint density at radius 1 is 1.15 bits per heavy atom. The van der Waals surface area contributed by atoms with Crippen molar-refractivity contribution in [2.24, 2.45) is 0 Å². The number of para-hydroxylation sites is 1. The second-order valence-corrected chi connectivity index (χ2v) is 7.84. The van der Waals surface area contributed by atoms with Gasteiger partial charge in [-0.05, 0) is 47.7 Å². The van der Waals surface area contributed by atoms with Crippen LogP contribution in [0.15, 0.2) is 60.9 Å². The summed E-state index contributed by atoms with van der Waals surface area (Å²) in [5.41, 5.74) is 5.48. The van der Waals surface area contributed by atoms with E-state index >= 15 is 0 Å². The maximum atomic E-state index is 12.4. The maximum absolute atomic E-state index is 12.4. The van der Waals surface area contributed by atoms with Crippen molar-refractivity contribution in [2.75, 3.05) is 11.1 Å². The van der Waals surface area contributed by atoms with Gasteiger partial charge in [-0.25, -0.2) is 4.68 Å². The molecule has 0 unspecified atom stereocenters. The van der Waals surface area contributed by atoms with E-state index < -0.39 is 0 Å². The Bertz CT molecular complexity index is 886. The Balaban J connectivity index is 1.53. The lowest BCUT2D eigenvalue weighted by Gasteiger charge is -2.16. The van der Waals surface area contributed by atoms with E-state index in [0.29, 0.717) is 11.7 Å². The van der Waals surface area contributed by atoms with Gasteiger partial charge in [0.15, 0.2) is 0 Å². The predicted octanol–water partition coefficient (Wildman–Crippen LogP) is 5.18. The third-order valence-corrected chi connectivity index (χ3v) is 5.40. The first-order valence-corrected chi connectivity index (χ1v) is 10.3. The third-order valence-electron chi connectivity index (χ3n) is 4.40. The molecule has 0 aliphatic rings. The molecule has 4 nitrogen and oxygen atoms in total. The number of hydrogen-bond donors (Lipinski definition) is 1. The van der Waals surface area contributed by atoms with Crippen LogP contribution in [0.3, 0.4) is 0 Å². The molecular weight excluding hydrogens is 354 g/mol. The number of carbonyl (C=O) groups excluding carboxylic acids is 1. The van der Waals surface area contributed by atoms with E-state index in [4.69, 9.17) is 0 Å². The van der Waals surface area contributed by atoms with Crippen LogP contribution in [-0.2, 0) is 10.5 Å². The van der Waals surface area contributed by atoms with Gasteiger partial charge in [0.25, 0.3) is 0 Å². The molecule has 0 bridgehead atoms. The standard InChI is InChI=1S/C22H25N3OS/c1-16(2)20-7-4-6-17(3)22(20)24-21(26)15-27-14-18-8-10-19(11-9-18)25-13-5-12-23-25/h4-13,16H,14-15H2,1-3H3,(H,24,26). The Hall–Kier alpha value is -2.53. The smallest absolute Gasteiger partial charge is 0.234 e. The lowest BCUT2D eigenvalue weighted by molar-refractivity contribution is -0.113. The summed E-state index contributed by atoms with van der Waals surface area (Å²) >= 11 is 1.62. The van der Waals surface area contributed by atoms with Gasteiger partial charge in [0.2, 0.25) is 5.91 Å². The molecule has 1 amide bonds. The largest absolute Gasteiger partial charge is 0.325 e. The molecule has 0 saturated carbocycles. The summed E-state index contributed by atoms with van der Waals surface area (Å²) in [7, 11) is 0. The summed E-state index contributed by atoms with van der Waals surface area (Å²) in [5, 5.41) is 7.33. The number of aromatic nitrogens is 2. The van der Waals surface area contributed by atoms with Crippen molar-refractivity contribution in [3.63, 3.8) is 0 Å². The van der Waals surface area contributed by atoms with Crippen LogP contribution in [0.2, 0.25) is 0 Å². The van der Waals surface area contributed by atoms with Crippen molar-refractivity contribution in [1.29, 1.82) is 0 Å². The van der Waals surface area contributed by atoms with Gasteiger partial charge in [-0.2, -0.15) is 5.10 Å². The quantitative estimate of drug-likeness (QED) is 0.615. The molecule has 27 heavy (non-hydrogen) atoms. The molecule has 0 spiro atoms. The fraction of sp³-hybridized carbons (Fsp3) is 0.273. The molecular formula is C22H25N3OS. The van der Waals surface area contributed by atoms with E-state index in [0.717, 1.165) is 22.7 Å². The number of rotatable bonds is 7. The molecule has 0 atom stereocenters. The van der Waals surface area contributed by atoms with Crippen molar-refractivity contribution >= 4 is 23.4 Å². The lowest BCUT2D eigenvalue weighted by atomic mass is 9.98. The fourth-order valence-corrected chi connectivity index (χ4v) is 3.73. The number of amides is 1. The van der Waals surface area contributed by atoms with Crippen LogP contribution < -0.4 is 5.32 Å². The number of nitrogens with zero attached hydrogens (tertiary/aromatic N) is 2. The zero-order valence-corrected chi connectivity index (χ0v) is 16.8. The van der Waals surface area contributed by atoms with Gasteiger partial charge < -0.3 is 5.32 Å². The average molecular weight is 380 g/mol. The minimum Gasteiger partial charge on any atom is -0.325 e. The molecule has 0 radical (unpaired) electrons. The molecule has 1 N–H and O–H groups in total. The van der Waals surface area contributed by atoms with Crippen LogP contribution in [0, 0.1) is 6.92 Å². The van der Waals surface area contributed by atoms with E-state index in [1.807, 2.05) is 48.1 Å². The molecule has 5 heteroatoms. The van der Waals surface area contributed by atoms with E-state index in [9.17, 15) is 4.79 Å². The number of nitrogens with one attached hydrogen (secondary N) is 1. The minimum atomic E-state index is 0.0457. The molecule has 140 valence electrons. The Kier molecular flexibility index (Phi) is 6.35. The Labute approximate surface area is 165 Å². The number of thioether (sulfide) groups is 1. The first-order valence-electron chi connectivity index (χ1n) is 9.10. The molecule has 3 rings (SSSR count). The summed E-state index contributed by atoms with van der Waals surface area (Å²) in [6.07, 6.45) is 3.69. The van der Waals surface area contributed by atoms with Crippen molar-refractivity contribution in [2.45, 2.75) is 32.4 Å². The van der Waals surface area contributed by atoms with Gasteiger partial charge in [-0.15, -0.1) is 11.8 Å². The highest BCUT2D eigenvalue weighted by Crippen LogP contribution is 2.27. The monoisotopic (exact) mass is 379 g/mol. The second-order valence-electron chi connectivity index (χ2n) is 6.85. The SMILES string of the molecule is Cc1cccc(C(C)C)c1NC(=O)CSCc1ccc(-n2cccn2)cc1. The van der Waals surface area contributed by atoms with Crippen LogP contribution in [0.1, 0.15) is 36.5 Å². The van der Waals surface area contributed by atoms with E-state index in [1.54, 1.807) is 18.0 Å². The summed E-state index contributed by atoms with van der Waals surface area (Å²) in [6, 6.07) is 16.3. The molecule has 1 aromatic heterocycles. The zero-order chi connectivity index (χ0) is 19.2. The fourth-order valence-electron chi connectivity index (χ4n) is 2.95. The number of benzene rings is 2. The average Bonchev–Trinajstić information content (AvgIpc) is 3.18. The number of hydrogen-bond acceptors (Lipinski definition) is 3. The van der Waals surface area contributed by atoms with Crippen LogP contribution in [0.25, 0.3) is 5.69 Å². The molecule has 0 aliphatic carbocycles. The normalized spacial score (nSPS) is 11.0. The minimum absolute atomic E-state index is 0.0457. The second kappa shape index (κ2) is 8.91. The zero-order valence-electron chi connectivity index (χ0n) is 16.0. The lowest BCUT2D eigenvalue weighted by Crippen LogP contribution is -2.16. The predicted molar refractivity (Wildman–Crippen MR) is 114 cm³/mol. The van der Waals surface area contributed by atoms with Crippen LogP contribution in [0.4, 0.5) is 5.69 Å². The van der Waals surface area contributed by atoms with E-state index in [1.165, 1.54) is 11.1 Å². The first-order chi connectivity index (χ1) is 13.0. The van der Waals surface area contributed by atoms with Crippen molar-refractivity contribution in [3.8, 4) is 5.69 Å². The molecule has 1 heterocycles. The summed E-state index contributed by atoms with van der Waals surface area (Å²) < 4.78 is 1.83.